The van der Waals surface area contributed by atoms with Gasteiger partial charge >= 0.3 is 0 Å². The molecule has 1 amide bonds. The van der Waals surface area contributed by atoms with Crippen molar-refractivity contribution in [3.8, 4) is 0 Å². The highest BCUT2D eigenvalue weighted by Gasteiger charge is 2.40. The van der Waals surface area contributed by atoms with Gasteiger partial charge in [0.2, 0.25) is 5.91 Å². The third kappa shape index (κ3) is 3.95. The van der Waals surface area contributed by atoms with Crippen LogP contribution >= 0.6 is 0 Å². The van der Waals surface area contributed by atoms with Crippen LogP contribution in [-0.4, -0.2) is 54.0 Å². The van der Waals surface area contributed by atoms with Gasteiger partial charge in [-0.15, -0.1) is 0 Å². The molecule has 2 N–H and O–H groups in total. The second kappa shape index (κ2) is 6.02. The Morgan fingerprint density at radius 2 is 1.65 bits per heavy atom. The van der Waals surface area contributed by atoms with E-state index >= 15 is 0 Å². The van der Waals surface area contributed by atoms with Crippen molar-refractivity contribution in [3.63, 3.8) is 0 Å². The lowest BCUT2D eigenvalue weighted by Crippen LogP contribution is -2.58. The van der Waals surface area contributed by atoms with Crippen molar-refractivity contribution in [3.05, 3.63) is 0 Å². The zero-order valence-electron chi connectivity index (χ0n) is 13.5. The number of carbonyl (C=O) groups excluding carboxylic acids is 1. The molecule has 1 saturated heterocycles. The molecule has 20 heavy (non-hydrogen) atoms. The fourth-order valence-corrected chi connectivity index (χ4v) is 3.20. The summed E-state index contributed by atoms with van der Waals surface area (Å²) in [5.41, 5.74) is 6.12. The minimum absolute atomic E-state index is 0.200. The quantitative estimate of drug-likeness (QED) is 0.859. The molecule has 0 aromatic heterocycles. The van der Waals surface area contributed by atoms with Crippen LogP contribution < -0.4 is 5.73 Å². The Bertz CT molecular complexity index is 334. The summed E-state index contributed by atoms with van der Waals surface area (Å²) in [4.78, 5) is 17.0. The number of hydrogen-bond donors (Lipinski definition) is 1. The molecule has 0 aromatic carbocycles. The predicted octanol–water partition coefficient (Wildman–Crippen LogP) is 1.84. The van der Waals surface area contributed by atoms with Gasteiger partial charge in [0.1, 0.15) is 0 Å². The number of piperazine rings is 1. The van der Waals surface area contributed by atoms with Crippen LogP contribution in [0.5, 0.6) is 0 Å². The molecule has 116 valence electrons. The normalized spacial score (nSPS) is 24.1. The van der Waals surface area contributed by atoms with Crippen LogP contribution in [0.25, 0.3) is 0 Å². The highest BCUT2D eigenvalue weighted by atomic mass is 16.2. The van der Waals surface area contributed by atoms with Gasteiger partial charge in [0.15, 0.2) is 0 Å². The molecule has 0 atom stereocenters. The molecule has 2 fully saturated rings. The van der Waals surface area contributed by atoms with E-state index in [1.807, 2.05) is 4.90 Å². The van der Waals surface area contributed by atoms with E-state index in [2.05, 4.69) is 25.7 Å². The van der Waals surface area contributed by atoms with Crippen LogP contribution in [0.2, 0.25) is 0 Å². The molecule has 4 nitrogen and oxygen atoms in total. The van der Waals surface area contributed by atoms with E-state index in [-0.39, 0.29) is 5.91 Å². The van der Waals surface area contributed by atoms with Crippen LogP contribution in [0.4, 0.5) is 0 Å². The minimum Gasteiger partial charge on any atom is -0.339 e. The molecule has 0 radical (unpaired) electrons. The summed E-state index contributed by atoms with van der Waals surface area (Å²) < 4.78 is 0. The van der Waals surface area contributed by atoms with Crippen molar-refractivity contribution >= 4 is 5.91 Å². The zero-order chi connectivity index (χ0) is 14.8. The van der Waals surface area contributed by atoms with Crippen LogP contribution in [0.3, 0.4) is 0 Å². The Morgan fingerprint density at radius 3 is 2.15 bits per heavy atom. The summed E-state index contributed by atoms with van der Waals surface area (Å²) in [5.74, 6) is 0.200. The summed E-state index contributed by atoms with van der Waals surface area (Å²) >= 11 is 0. The van der Waals surface area contributed by atoms with Crippen molar-refractivity contribution in [1.29, 1.82) is 0 Å². The largest absolute Gasteiger partial charge is 0.339 e. The summed E-state index contributed by atoms with van der Waals surface area (Å²) in [5, 5.41) is 0. The molecule has 0 unspecified atom stereocenters. The van der Waals surface area contributed by atoms with E-state index in [0.717, 1.165) is 58.4 Å². The van der Waals surface area contributed by atoms with E-state index < -0.39 is 5.54 Å². The van der Waals surface area contributed by atoms with Gasteiger partial charge in [0.25, 0.3) is 0 Å². The highest BCUT2D eigenvalue weighted by Crippen LogP contribution is 2.29. The smallest absolute Gasteiger partial charge is 0.242 e. The van der Waals surface area contributed by atoms with E-state index in [1.54, 1.807) is 0 Å². The molecular formula is C16H31N3O. The second-order valence-electron chi connectivity index (χ2n) is 7.81. The Morgan fingerprint density at radius 1 is 1.10 bits per heavy atom. The second-order valence-corrected chi connectivity index (χ2v) is 7.81. The Kier molecular flexibility index (Phi) is 4.75. The van der Waals surface area contributed by atoms with Crippen molar-refractivity contribution < 1.29 is 4.79 Å². The summed E-state index contributed by atoms with van der Waals surface area (Å²) in [6.07, 6.45) is 5.16. The van der Waals surface area contributed by atoms with Crippen molar-refractivity contribution in [2.45, 2.75) is 58.4 Å². The lowest BCUT2D eigenvalue weighted by atomic mass is 9.92. The first-order chi connectivity index (χ1) is 9.30. The molecule has 0 spiro atoms. The molecule has 1 aliphatic heterocycles. The van der Waals surface area contributed by atoms with Gasteiger partial charge in [0, 0.05) is 26.2 Å². The summed E-state index contributed by atoms with van der Waals surface area (Å²) in [6.45, 7) is 11.7. The van der Waals surface area contributed by atoms with E-state index in [1.165, 1.54) is 6.42 Å². The van der Waals surface area contributed by atoms with Crippen LogP contribution in [-0.2, 0) is 4.79 Å². The van der Waals surface area contributed by atoms with Gasteiger partial charge in [-0.25, -0.2) is 0 Å². The van der Waals surface area contributed by atoms with Gasteiger partial charge in [0.05, 0.1) is 5.54 Å². The first-order valence-corrected chi connectivity index (χ1v) is 8.11. The summed E-state index contributed by atoms with van der Waals surface area (Å²) in [6, 6.07) is 0. The average Bonchev–Trinajstić information content (AvgIpc) is 2.83. The van der Waals surface area contributed by atoms with Crippen LogP contribution in [0.1, 0.15) is 52.9 Å². The van der Waals surface area contributed by atoms with Gasteiger partial charge in [-0.1, -0.05) is 33.6 Å². The molecular weight excluding hydrogens is 250 g/mol. The maximum atomic E-state index is 12.5. The maximum Gasteiger partial charge on any atom is 0.242 e. The first kappa shape index (κ1) is 15.8. The van der Waals surface area contributed by atoms with Gasteiger partial charge in [-0.2, -0.15) is 0 Å². The molecule has 4 heteroatoms. The van der Waals surface area contributed by atoms with E-state index in [0.29, 0.717) is 5.41 Å². The number of nitrogens with zero attached hydrogens (tertiary/aromatic N) is 2. The molecule has 0 aromatic rings. The van der Waals surface area contributed by atoms with Gasteiger partial charge in [-0.05, 0) is 31.2 Å². The topological polar surface area (TPSA) is 49.6 Å². The summed E-state index contributed by atoms with van der Waals surface area (Å²) in [7, 11) is 0. The maximum absolute atomic E-state index is 12.5. The molecule has 1 saturated carbocycles. The SMILES string of the molecule is CC(C)(C)CCN1CCN(C(=O)C2(N)CCCC2)CC1. The lowest BCUT2D eigenvalue weighted by Gasteiger charge is -2.39. The van der Waals surface area contributed by atoms with Gasteiger partial charge < -0.3 is 10.6 Å². The number of nitrogens with two attached hydrogens (primary N) is 1. The fourth-order valence-electron chi connectivity index (χ4n) is 3.20. The number of hydrogen-bond acceptors (Lipinski definition) is 3. The van der Waals surface area contributed by atoms with Crippen molar-refractivity contribution in [1.82, 2.24) is 9.80 Å². The van der Waals surface area contributed by atoms with Gasteiger partial charge in [-0.3, -0.25) is 9.69 Å². The molecule has 1 aliphatic carbocycles. The Balaban J connectivity index is 1.78. The number of carbonyl (C=O) groups is 1. The van der Waals surface area contributed by atoms with Crippen molar-refractivity contribution in [2.75, 3.05) is 32.7 Å². The predicted molar refractivity (Wildman–Crippen MR) is 82.5 cm³/mol. The standard InChI is InChI=1S/C16H31N3O/c1-15(2,3)8-9-18-10-12-19(13-11-18)14(20)16(17)6-4-5-7-16/h4-13,17H2,1-3H3. The number of amides is 1. The third-order valence-corrected chi connectivity index (χ3v) is 4.76. The van der Waals surface area contributed by atoms with Crippen LogP contribution in [0.15, 0.2) is 0 Å². The van der Waals surface area contributed by atoms with Crippen LogP contribution in [0, 0.1) is 5.41 Å². The third-order valence-electron chi connectivity index (χ3n) is 4.76. The zero-order valence-corrected chi connectivity index (χ0v) is 13.5. The minimum atomic E-state index is -0.548. The van der Waals surface area contributed by atoms with E-state index in [4.69, 9.17) is 5.73 Å². The number of rotatable bonds is 3. The van der Waals surface area contributed by atoms with E-state index in [9.17, 15) is 4.79 Å². The van der Waals surface area contributed by atoms with Crippen molar-refractivity contribution in [2.24, 2.45) is 11.1 Å². The Labute approximate surface area is 123 Å². The Hall–Kier alpha value is -0.610. The molecule has 1 heterocycles. The monoisotopic (exact) mass is 281 g/mol. The molecule has 2 aliphatic rings. The average molecular weight is 281 g/mol. The molecule has 2 rings (SSSR count). The fraction of sp³-hybridized carbons (Fsp3) is 0.938. The molecule has 0 bridgehead atoms. The lowest BCUT2D eigenvalue weighted by molar-refractivity contribution is -0.138. The highest BCUT2D eigenvalue weighted by molar-refractivity contribution is 5.86. The first-order valence-electron chi connectivity index (χ1n) is 8.11.